The predicted octanol–water partition coefficient (Wildman–Crippen LogP) is 2.00. The van der Waals surface area contributed by atoms with Gasteiger partial charge < -0.3 is 9.94 Å². The van der Waals surface area contributed by atoms with Crippen LogP contribution in [0.1, 0.15) is 40.0 Å². The van der Waals surface area contributed by atoms with Gasteiger partial charge in [0.05, 0.1) is 12.1 Å². The average Bonchev–Trinajstić information content (AvgIpc) is 2.42. The maximum atomic E-state index is 10.1. The van der Waals surface area contributed by atoms with Crippen LogP contribution in [0.2, 0.25) is 0 Å². The van der Waals surface area contributed by atoms with Crippen LogP contribution in [0.25, 0.3) is 0 Å². The summed E-state index contributed by atoms with van der Waals surface area (Å²) in [6.45, 7) is 6.79. The standard InChI is InChI=1S/C10H19NO2/c1-9(2)11(12)10(3)6-4-5-8(10)7-13-9/h8,12H,4-7H2,1-3H3. The van der Waals surface area contributed by atoms with E-state index in [1.807, 2.05) is 13.8 Å². The summed E-state index contributed by atoms with van der Waals surface area (Å²) in [5.74, 6) is 0.505. The summed E-state index contributed by atoms with van der Waals surface area (Å²) in [4.78, 5) is 0. The first kappa shape index (κ1) is 9.44. The maximum absolute atomic E-state index is 10.1. The Balaban J connectivity index is 2.26. The molecule has 2 unspecified atom stereocenters. The van der Waals surface area contributed by atoms with E-state index in [4.69, 9.17) is 4.74 Å². The molecule has 2 rings (SSSR count). The van der Waals surface area contributed by atoms with Gasteiger partial charge >= 0.3 is 0 Å². The molecule has 0 radical (unpaired) electrons. The molecule has 1 N–H and O–H groups in total. The molecule has 0 bridgehead atoms. The number of hydrogen-bond donors (Lipinski definition) is 1. The van der Waals surface area contributed by atoms with Crippen LogP contribution in [0, 0.1) is 5.92 Å². The fraction of sp³-hybridized carbons (Fsp3) is 1.00. The molecule has 3 nitrogen and oxygen atoms in total. The topological polar surface area (TPSA) is 32.7 Å². The molecule has 13 heavy (non-hydrogen) atoms. The molecule has 1 saturated heterocycles. The van der Waals surface area contributed by atoms with Crippen molar-refractivity contribution in [2.24, 2.45) is 5.92 Å². The van der Waals surface area contributed by atoms with Crippen molar-refractivity contribution in [3.05, 3.63) is 0 Å². The first-order valence-corrected chi connectivity index (χ1v) is 5.10. The summed E-state index contributed by atoms with van der Waals surface area (Å²) in [5, 5.41) is 11.5. The second-order valence-electron chi connectivity index (χ2n) is 5.02. The Morgan fingerprint density at radius 2 is 2.08 bits per heavy atom. The number of ether oxygens (including phenoxy) is 1. The van der Waals surface area contributed by atoms with E-state index in [0.29, 0.717) is 5.92 Å². The minimum absolute atomic E-state index is 0.0538. The molecule has 0 aromatic heterocycles. The van der Waals surface area contributed by atoms with Gasteiger partial charge in [0.25, 0.3) is 0 Å². The largest absolute Gasteiger partial charge is 0.359 e. The Kier molecular flexibility index (Phi) is 1.95. The molecule has 1 heterocycles. The highest BCUT2D eigenvalue weighted by atomic mass is 16.6. The van der Waals surface area contributed by atoms with Gasteiger partial charge in [0, 0.05) is 5.92 Å². The van der Waals surface area contributed by atoms with Crippen molar-refractivity contribution >= 4 is 0 Å². The average molecular weight is 185 g/mol. The van der Waals surface area contributed by atoms with Crippen molar-refractivity contribution in [3.63, 3.8) is 0 Å². The molecule has 2 fully saturated rings. The Morgan fingerprint density at radius 3 is 2.77 bits per heavy atom. The molecular formula is C10H19NO2. The predicted molar refractivity (Wildman–Crippen MR) is 49.4 cm³/mol. The quantitative estimate of drug-likeness (QED) is 0.626. The normalized spacial score (nSPS) is 44.8. The zero-order chi connectivity index (χ0) is 9.69. The molecule has 76 valence electrons. The summed E-state index contributed by atoms with van der Waals surface area (Å²) in [6, 6.07) is 0. The lowest BCUT2D eigenvalue weighted by Gasteiger charge is -2.51. The van der Waals surface area contributed by atoms with E-state index in [9.17, 15) is 5.21 Å². The van der Waals surface area contributed by atoms with Crippen molar-refractivity contribution in [2.45, 2.75) is 51.3 Å². The molecule has 3 heteroatoms. The van der Waals surface area contributed by atoms with Crippen LogP contribution >= 0.6 is 0 Å². The van der Waals surface area contributed by atoms with Gasteiger partial charge in [-0.25, -0.2) is 0 Å². The third kappa shape index (κ3) is 1.22. The van der Waals surface area contributed by atoms with E-state index in [-0.39, 0.29) is 5.54 Å². The number of hydroxylamine groups is 2. The molecule has 1 aliphatic carbocycles. The van der Waals surface area contributed by atoms with Gasteiger partial charge in [-0.3, -0.25) is 0 Å². The van der Waals surface area contributed by atoms with Gasteiger partial charge in [0.15, 0.2) is 0 Å². The molecule has 0 aromatic rings. The first-order valence-electron chi connectivity index (χ1n) is 5.10. The fourth-order valence-corrected chi connectivity index (χ4v) is 2.74. The van der Waals surface area contributed by atoms with Crippen LogP contribution in [-0.4, -0.2) is 28.1 Å². The smallest absolute Gasteiger partial charge is 0.138 e. The Morgan fingerprint density at radius 1 is 1.38 bits per heavy atom. The van der Waals surface area contributed by atoms with Crippen molar-refractivity contribution in [2.75, 3.05) is 6.61 Å². The van der Waals surface area contributed by atoms with Gasteiger partial charge in [-0.05, 0) is 33.6 Å². The summed E-state index contributed by atoms with van der Waals surface area (Å²) in [6.07, 6.45) is 3.47. The highest BCUT2D eigenvalue weighted by Gasteiger charge is 2.52. The van der Waals surface area contributed by atoms with E-state index in [2.05, 4.69) is 6.92 Å². The van der Waals surface area contributed by atoms with Crippen LogP contribution < -0.4 is 0 Å². The molecule has 0 amide bonds. The van der Waals surface area contributed by atoms with Crippen LogP contribution in [-0.2, 0) is 4.74 Å². The van der Waals surface area contributed by atoms with Crippen molar-refractivity contribution in [3.8, 4) is 0 Å². The molecule has 2 aliphatic rings. The number of nitrogens with zero attached hydrogens (tertiary/aromatic N) is 1. The summed E-state index contributed by atoms with van der Waals surface area (Å²) in [5.41, 5.74) is -0.572. The van der Waals surface area contributed by atoms with Crippen molar-refractivity contribution < 1.29 is 9.94 Å². The van der Waals surface area contributed by atoms with Gasteiger partial charge in [0.2, 0.25) is 0 Å². The Hall–Kier alpha value is -0.120. The van der Waals surface area contributed by atoms with E-state index >= 15 is 0 Å². The van der Waals surface area contributed by atoms with E-state index < -0.39 is 5.72 Å². The van der Waals surface area contributed by atoms with Crippen LogP contribution in [0.15, 0.2) is 0 Å². The van der Waals surface area contributed by atoms with Gasteiger partial charge in [-0.2, -0.15) is 5.06 Å². The number of fused-ring (bicyclic) bond motifs is 1. The zero-order valence-electron chi connectivity index (χ0n) is 8.71. The number of rotatable bonds is 0. The zero-order valence-corrected chi connectivity index (χ0v) is 8.71. The Bertz CT molecular complexity index is 217. The third-order valence-corrected chi connectivity index (χ3v) is 3.75. The van der Waals surface area contributed by atoms with E-state index in [1.165, 1.54) is 17.9 Å². The molecule has 2 atom stereocenters. The number of hydrogen-bond acceptors (Lipinski definition) is 3. The second kappa shape index (κ2) is 2.69. The first-order chi connectivity index (χ1) is 5.97. The van der Waals surface area contributed by atoms with Gasteiger partial charge in [-0.1, -0.05) is 6.42 Å². The fourth-order valence-electron chi connectivity index (χ4n) is 2.74. The van der Waals surface area contributed by atoms with Gasteiger partial charge in [-0.15, -0.1) is 0 Å². The molecular weight excluding hydrogens is 166 g/mol. The SMILES string of the molecule is CC1(C)OCC2CCCC2(C)N1O. The molecule has 0 spiro atoms. The monoisotopic (exact) mass is 185 g/mol. The van der Waals surface area contributed by atoms with E-state index in [0.717, 1.165) is 13.0 Å². The van der Waals surface area contributed by atoms with Crippen LogP contribution in [0.4, 0.5) is 0 Å². The molecule has 1 aliphatic heterocycles. The minimum atomic E-state index is -0.518. The van der Waals surface area contributed by atoms with Crippen LogP contribution in [0.3, 0.4) is 0 Å². The van der Waals surface area contributed by atoms with Crippen LogP contribution in [0.5, 0.6) is 0 Å². The van der Waals surface area contributed by atoms with Crippen molar-refractivity contribution in [1.82, 2.24) is 5.06 Å². The Labute approximate surface area is 79.6 Å². The lowest BCUT2D eigenvalue weighted by molar-refractivity contribution is -0.350. The summed E-state index contributed by atoms with van der Waals surface area (Å²) in [7, 11) is 0. The highest BCUT2D eigenvalue weighted by molar-refractivity contribution is 4.99. The minimum Gasteiger partial charge on any atom is -0.359 e. The summed E-state index contributed by atoms with van der Waals surface area (Å²) >= 11 is 0. The lowest BCUT2D eigenvalue weighted by atomic mass is 9.86. The maximum Gasteiger partial charge on any atom is 0.138 e. The lowest BCUT2D eigenvalue weighted by Crippen LogP contribution is -2.63. The second-order valence-corrected chi connectivity index (χ2v) is 5.02. The van der Waals surface area contributed by atoms with Gasteiger partial charge in [0.1, 0.15) is 5.72 Å². The molecule has 0 aromatic carbocycles. The highest BCUT2D eigenvalue weighted by Crippen LogP contribution is 2.46. The van der Waals surface area contributed by atoms with Crippen molar-refractivity contribution in [1.29, 1.82) is 0 Å². The summed E-state index contributed by atoms with van der Waals surface area (Å²) < 4.78 is 5.63. The third-order valence-electron chi connectivity index (χ3n) is 3.75. The molecule has 1 saturated carbocycles. The van der Waals surface area contributed by atoms with E-state index in [1.54, 1.807) is 0 Å².